The van der Waals surface area contributed by atoms with E-state index in [1.807, 2.05) is 6.07 Å². The minimum absolute atomic E-state index is 0.134. The number of rotatable bonds is 5. The van der Waals surface area contributed by atoms with Crippen molar-refractivity contribution >= 4 is 5.69 Å². The summed E-state index contributed by atoms with van der Waals surface area (Å²) >= 11 is 0. The highest BCUT2D eigenvalue weighted by Gasteiger charge is 2.25. The molecule has 1 fully saturated rings. The highest BCUT2D eigenvalue weighted by Crippen LogP contribution is 2.30. The SMILES string of the molecule is O=[N+]([O-])c1cccc(CN2CCC(c3nnc(-c4ccoc4)o3)CC2)c1. The van der Waals surface area contributed by atoms with Gasteiger partial charge in [0.25, 0.3) is 11.6 Å². The Hall–Kier alpha value is -3.00. The van der Waals surface area contributed by atoms with Gasteiger partial charge in [-0.05, 0) is 37.6 Å². The fraction of sp³-hybridized carbons (Fsp3) is 0.333. The highest BCUT2D eigenvalue weighted by atomic mass is 16.6. The second kappa shape index (κ2) is 7.09. The van der Waals surface area contributed by atoms with E-state index in [4.69, 9.17) is 8.83 Å². The predicted molar refractivity (Wildman–Crippen MR) is 92.3 cm³/mol. The van der Waals surface area contributed by atoms with Crippen molar-refractivity contribution < 1.29 is 13.8 Å². The van der Waals surface area contributed by atoms with Gasteiger partial charge in [-0.1, -0.05) is 12.1 Å². The van der Waals surface area contributed by atoms with Crippen molar-refractivity contribution in [1.29, 1.82) is 0 Å². The Labute approximate surface area is 149 Å². The molecule has 3 heterocycles. The molecule has 1 aliphatic heterocycles. The van der Waals surface area contributed by atoms with Crippen LogP contribution in [0.4, 0.5) is 5.69 Å². The molecule has 0 aliphatic carbocycles. The molecule has 26 heavy (non-hydrogen) atoms. The molecule has 0 N–H and O–H groups in total. The van der Waals surface area contributed by atoms with E-state index in [2.05, 4.69) is 15.1 Å². The fourth-order valence-electron chi connectivity index (χ4n) is 3.27. The molecule has 0 bridgehead atoms. The van der Waals surface area contributed by atoms with E-state index < -0.39 is 0 Å². The molecule has 0 radical (unpaired) electrons. The first kappa shape index (κ1) is 16.5. The Balaban J connectivity index is 1.36. The smallest absolute Gasteiger partial charge is 0.269 e. The lowest BCUT2D eigenvalue weighted by Gasteiger charge is -2.30. The molecule has 0 spiro atoms. The van der Waals surface area contributed by atoms with Gasteiger partial charge >= 0.3 is 0 Å². The van der Waals surface area contributed by atoms with E-state index in [0.717, 1.165) is 37.1 Å². The number of non-ortho nitro benzene ring substituents is 1. The minimum Gasteiger partial charge on any atom is -0.472 e. The van der Waals surface area contributed by atoms with Gasteiger partial charge in [0.15, 0.2) is 0 Å². The number of nitro groups is 1. The van der Waals surface area contributed by atoms with Gasteiger partial charge in [-0.25, -0.2) is 0 Å². The van der Waals surface area contributed by atoms with Gasteiger partial charge in [0.1, 0.15) is 6.26 Å². The molecule has 8 heteroatoms. The Morgan fingerprint density at radius 2 is 2.08 bits per heavy atom. The van der Waals surface area contributed by atoms with Crippen molar-refractivity contribution in [3.05, 3.63) is 64.4 Å². The van der Waals surface area contributed by atoms with Gasteiger partial charge in [-0.2, -0.15) is 0 Å². The van der Waals surface area contributed by atoms with Crippen LogP contribution < -0.4 is 0 Å². The normalized spacial score (nSPS) is 16.0. The summed E-state index contributed by atoms with van der Waals surface area (Å²) in [5.74, 6) is 1.38. The fourth-order valence-corrected chi connectivity index (χ4v) is 3.27. The third-order valence-corrected chi connectivity index (χ3v) is 4.67. The number of likely N-dealkylation sites (tertiary alicyclic amines) is 1. The first-order valence-electron chi connectivity index (χ1n) is 8.51. The van der Waals surface area contributed by atoms with E-state index in [9.17, 15) is 10.1 Å². The summed E-state index contributed by atoms with van der Waals surface area (Å²) in [7, 11) is 0. The molecule has 0 unspecified atom stereocenters. The van der Waals surface area contributed by atoms with Gasteiger partial charge in [0, 0.05) is 24.6 Å². The molecule has 4 rings (SSSR count). The van der Waals surface area contributed by atoms with E-state index in [1.165, 1.54) is 6.07 Å². The van der Waals surface area contributed by atoms with Gasteiger partial charge < -0.3 is 8.83 Å². The Morgan fingerprint density at radius 3 is 2.81 bits per heavy atom. The Morgan fingerprint density at radius 1 is 1.23 bits per heavy atom. The van der Waals surface area contributed by atoms with Crippen molar-refractivity contribution in [2.45, 2.75) is 25.3 Å². The molecule has 0 saturated carbocycles. The van der Waals surface area contributed by atoms with Crippen molar-refractivity contribution in [2.75, 3.05) is 13.1 Å². The summed E-state index contributed by atoms with van der Waals surface area (Å²) in [6.07, 6.45) is 4.99. The number of aromatic nitrogens is 2. The van der Waals surface area contributed by atoms with Crippen LogP contribution in [0.3, 0.4) is 0 Å². The van der Waals surface area contributed by atoms with Crippen LogP contribution in [0.15, 0.2) is 51.7 Å². The molecule has 1 saturated heterocycles. The average molecular weight is 354 g/mol. The van der Waals surface area contributed by atoms with Crippen molar-refractivity contribution in [3.8, 4) is 11.5 Å². The van der Waals surface area contributed by atoms with Crippen LogP contribution in [0, 0.1) is 10.1 Å². The summed E-state index contributed by atoms with van der Waals surface area (Å²) < 4.78 is 10.8. The number of hydrogen-bond acceptors (Lipinski definition) is 7. The van der Waals surface area contributed by atoms with E-state index in [0.29, 0.717) is 18.3 Å². The van der Waals surface area contributed by atoms with E-state index in [-0.39, 0.29) is 16.5 Å². The second-order valence-electron chi connectivity index (χ2n) is 6.43. The zero-order chi connectivity index (χ0) is 17.9. The molecule has 0 atom stereocenters. The second-order valence-corrected chi connectivity index (χ2v) is 6.43. The third kappa shape index (κ3) is 3.50. The van der Waals surface area contributed by atoms with Crippen LogP contribution in [0.2, 0.25) is 0 Å². The molecular weight excluding hydrogens is 336 g/mol. The molecule has 1 aromatic carbocycles. The quantitative estimate of drug-likeness (QED) is 0.510. The lowest BCUT2D eigenvalue weighted by molar-refractivity contribution is -0.384. The standard InChI is InChI=1S/C18H18N4O4/c23-22(24)16-3-1-2-13(10-16)11-21-7-4-14(5-8-21)17-19-20-18(26-17)15-6-9-25-12-15/h1-3,6,9-10,12,14H,4-5,7-8,11H2. The summed E-state index contributed by atoms with van der Waals surface area (Å²) in [6, 6.07) is 8.60. The summed E-state index contributed by atoms with van der Waals surface area (Å²) in [5, 5.41) is 19.2. The van der Waals surface area contributed by atoms with Crippen molar-refractivity contribution in [2.24, 2.45) is 0 Å². The molecule has 134 valence electrons. The van der Waals surface area contributed by atoms with Gasteiger partial charge in [0.05, 0.1) is 16.7 Å². The molecule has 0 amide bonds. The molecular formula is C18H18N4O4. The monoisotopic (exact) mass is 354 g/mol. The van der Waals surface area contributed by atoms with Gasteiger partial charge in [-0.3, -0.25) is 15.0 Å². The topological polar surface area (TPSA) is 98.4 Å². The zero-order valence-electron chi connectivity index (χ0n) is 14.1. The van der Waals surface area contributed by atoms with Crippen LogP contribution in [0.5, 0.6) is 0 Å². The van der Waals surface area contributed by atoms with Crippen LogP contribution >= 0.6 is 0 Å². The summed E-state index contributed by atoms with van der Waals surface area (Å²) in [6.45, 7) is 2.48. The lowest BCUT2D eigenvalue weighted by atomic mass is 9.96. The van der Waals surface area contributed by atoms with Crippen LogP contribution in [-0.4, -0.2) is 33.1 Å². The van der Waals surface area contributed by atoms with Crippen molar-refractivity contribution in [3.63, 3.8) is 0 Å². The first-order chi connectivity index (χ1) is 12.7. The van der Waals surface area contributed by atoms with Crippen LogP contribution in [0.25, 0.3) is 11.5 Å². The average Bonchev–Trinajstić information content (AvgIpc) is 3.34. The number of benzene rings is 1. The summed E-state index contributed by atoms with van der Waals surface area (Å²) in [4.78, 5) is 12.8. The van der Waals surface area contributed by atoms with Gasteiger partial charge in [0.2, 0.25) is 5.89 Å². The maximum atomic E-state index is 10.9. The molecule has 1 aliphatic rings. The van der Waals surface area contributed by atoms with E-state index >= 15 is 0 Å². The minimum atomic E-state index is -0.358. The molecule has 2 aromatic heterocycles. The first-order valence-corrected chi connectivity index (χ1v) is 8.51. The van der Waals surface area contributed by atoms with Crippen LogP contribution in [-0.2, 0) is 6.54 Å². The number of nitrogens with zero attached hydrogens (tertiary/aromatic N) is 4. The Bertz CT molecular complexity index is 882. The third-order valence-electron chi connectivity index (χ3n) is 4.67. The lowest BCUT2D eigenvalue weighted by Crippen LogP contribution is -2.32. The number of furan rings is 1. The maximum absolute atomic E-state index is 10.9. The molecule has 3 aromatic rings. The predicted octanol–water partition coefficient (Wildman–Crippen LogP) is 3.62. The molecule has 8 nitrogen and oxygen atoms in total. The Kier molecular flexibility index (Phi) is 4.49. The van der Waals surface area contributed by atoms with Crippen molar-refractivity contribution in [1.82, 2.24) is 15.1 Å². The maximum Gasteiger partial charge on any atom is 0.269 e. The van der Waals surface area contributed by atoms with Gasteiger partial charge in [-0.15, -0.1) is 10.2 Å². The highest BCUT2D eigenvalue weighted by molar-refractivity contribution is 5.49. The largest absolute Gasteiger partial charge is 0.472 e. The number of nitro benzene ring substituents is 1. The number of hydrogen-bond donors (Lipinski definition) is 0. The zero-order valence-corrected chi connectivity index (χ0v) is 14.1. The van der Waals surface area contributed by atoms with Crippen LogP contribution in [0.1, 0.15) is 30.2 Å². The summed E-state index contributed by atoms with van der Waals surface area (Å²) in [5.41, 5.74) is 1.87. The number of piperidine rings is 1. The van der Waals surface area contributed by atoms with E-state index in [1.54, 1.807) is 30.7 Å².